The molecule has 0 spiro atoms. The Kier molecular flexibility index (Phi) is 5.63. The molecule has 1 aromatic rings. The molecule has 1 rings (SSSR count). The van der Waals surface area contributed by atoms with Gasteiger partial charge in [-0.2, -0.15) is 0 Å². The first-order valence-corrected chi connectivity index (χ1v) is 7.17. The number of ether oxygens (including phenoxy) is 1. The van der Waals surface area contributed by atoms with E-state index in [1.54, 1.807) is 7.11 Å². The summed E-state index contributed by atoms with van der Waals surface area (Å²) in [6, 6.07) is 0.344. The summed E-state index contributed by atoms with van der Waals surface area (Å²) in [5.41, 5.74) is 2.53. The molecule has 19 heavy (non-hydrogen) atoms. The summed E-state index contributed by atoms with van der Waals surface area (Å²) in [7, 11) is 1.78. The SMILES string of the molecule is CCNC(CCC(C)(C)OC)c1c(C)oc(C)c1C. The summed E-state index contributed by atoms with van der Waals surface area (Å²) in [6.07, 6.45) is 2.07. The van der Waals surface area contributed by atoms with Gasteiger partial charge in [0.05, 0.1) is 5.60 Å². The Hall–Kier alpha value is -0.800. The first-order valence-electron chi connectivity index (χ1n) is 7.17. The molecule has 0 aliphatic carbocycles. The number of nitrogens with one attached hydrogen (secondary N) is 1. The number of aryl methyl sites for hydroxylation is 2. The third-order valence-electron chi connectivity index (χ3n) is 4.00. The van der Waals surface area contributed by atoms with E-state index in [1.165, 1.54) is 11.1 Å². The number of hydrogen-bond donors (Lipinski definition) is 1. The maximum atomic E-state index is 5.76. The van der Waals surface area contributed by atoms with Crippen molar-refractivity contribution in [3.63, 3.8) is 0 Å². The molecule has 1 aromatic heterocycles. The van der Waals surface area contributed by atoms with Crippen LogP contribution in [-0.2, 0) is 4.74 Å². The lowest BCUT2D eigenvalue weighted by Gasteiger charge is -2.26. The smallest absolute Gasteiger partial charge is 0.106 e. The van der Waals surface area contributed by atoms with E-state index in [0.29, 0.717) is 6.04 Å². The Labute approximate surface area is 117 Å². The number of rotatable bonds is 7. The Bertz CT molecular complexity index is 407. The van der Waals surface area contributed by atoms with E-state index in [9.17, 15) is 0 Å². The lowest BCUT2D eigenvalue weighted by atomic mass is 9.93. The van der Waals surface area contributed by atoms with Gasteiger partial charge in [0.25, 0.3) is 0 Å². The molecule has 0 aromatic carbocycles. The van der Waals surface area contributed by atoms with Crippen LogP contribution in [0.15, 0.2) is 4.42 Å². The van der Waals surface area contributed by atoms with Crippen molar-refractivity contribution in [2.24, 2.45) is 0 Å². The summed E-state index contributed by atoms with van der Waals surface area (Å²) >= 11 is 0. The van der Waals surface area contributed by atoms with E-state index in [1.807, 2.05) is 6.92 Å². The molecule has 0 saturated heterocycles. The van der Waals surface area contributed by atoms with Gasteiger partial charge >= 0.3 is 0 Å². The van der Waals surface area contributed by atoms with Crippen molar-refractivity contribution < 1.29 is 9.15 Å². The standard InChI is InChI=1S/C16H29NO2/c1-8-17-14(9-10-16(5,6)18-7)15-11(2)12(3)19-13(15)4/h14,17H,8-10H2,1-7H3. The minimum absolute atomic E-state index is 0.0751. The van der Waals surface area contributed by atoms with Crippen LogP contribution in [0.1, 0.15) is 62.3 Å². The predicted molar refractivity (Wildman–Crippen MR) is 79.7 cm³/mol. The third-order valence-corrected chi connectivity index (χ3v) is 4.00. The number of methoxy groups -OCH3 is 1. The summed E-state index contributed by atoms with van der Waals surface area (Å²) < 4.78 is 11.3. The van der Waals surface area contributed by atoms with Gasteiger partial charge in [0, 0.05) is 18.7 Å². The van der Waals surface area contributed by atoms with Crippen molar-refractivity contribution in [3.05, 3.63) is 22.6 Å². The van der Waals surface area contributed by atoms with Crippen molar-refractivity contribution in [2.75, 3.05) is 13.7 Å². The second-order valence-electron chi connectivity index (χ2n) is 5.87. The maximum Gasteiger partial charge on any atom is 0.106 e. The van der Waals surface area contributed by atoms with Crippen LogP contribution in [0.4, 0.5) is 0 Å². The Morgan fingerprint density at radius 3 is 2.26 bits per heavy atom. The molecule has 0 fully saturated rings. The lowest BCUT2D eigenvalue weighted by molar-refractivity contribution is 0.0116. The van der Waals surface area contributed by atoms with Gasteiger partial charge in [-0.3, -0.25) is 0 Å². The first-order chi connectivity index (χ1) is 8.82. The highest BCUT2D eigenvalue weighted by Crippen LogP contribution is 2.31. The van der Waals surface area contributed by atoms with Crippen LogP contribution in [0, 0.1) is 20.8 Å². The number of furan rings is 1. The average Bonchev–Trinajstić information content (AvgIpc) is 2.59. The van der Waals surface area contributed by atoms with E-state index in [0.717, 1.165) is 30.9 Å². The summed E-state index contributed by atoms with van der Waals surface area (Å²) in [5, 5.41) is 3.58. The zero-order valence-corrected chi connectivity index (χ0v) is 13.5. The molecule has 1 heterocycles. The van der Waals surface area contributed by atoms with E-state index < -0.39 is 0 Å². The number of hydrogen-bond acceptors (Lipinski definition) is 3. The monoisotopic (exact) mass is 267 g/mol. The molecule has 0 aliphatic rings. The van der Waals surface area contributed by atoms with Crippen LogP contribution in [0.25, 0.3) is 0 Å². The van der Waals surface area contributed by atoms with Gasteiger partial charge in [0.2, 0.25) is 0 Å². The Morgan fingerprint density at radius 2 is 1.84 bits per heavy atom. The zero-order valence-electron chi connectivity index (χ0n) is 13.5. The van der Waals surface area contributed by atoms with Crippen molar-refractivity contribution >= 4 is 0 Å². The van der Waals surface area contributed by atoms with E-state index in [4.69, 9.17) is 9.15 Å². The van der Waals surface area contributed by atoms with Crippen LogP contribution in [0.3, 0.4) is 0 Å². The van der Waals surface area contributed by atoms with Gasteiger partial charge in [-0.15, -0.1) is 0 Å². The van der Waals surface area contributed by atoms with E-state index in [-0.39, 0.29) is 5.60 Å². The summed E-state index contributed by atoms with van der Waals surface area (Å²) in [6.45, 7) is 13.6. The Morgan fingerprint density at radius 1 is 1.21 bits per heavy atom. The molecule has 0 amide bonds. The largest absolute Gasteiger partial charge is 0.466 e. The summed E-state index contributed by atoms with van der Waals surface area (Å²) in [4.78, 5) is 0. The average molecular weight is 267 g/mol. The molecule has 3 nitrogen and oxygen atoms in total. The molecule has 0 aliphatic heterocycles. The second-order valence-corrected chi connectivity index (χ2v) is 5.87. The molecule has 0 radical (unpaired) electrons. The molecular weight excluding hydrogens is 238 g/mol. The molecule has 0 bridgehead atoms. The van der Waals surface area contributed by atoms with Crippen LogP contribution in [0.5, 0.6) is 0 Å². The highest BCUT2D eigenvalue weighted by molar-refractivity contribution is 5.34. The minimum Gasteiger partial charge on any atom is -0.466 e. The van der Waals surface area contributed by atoms with Gasteiger partial charge in [0.1, 0.15) is 11.5 Å². The molecule has 110 valence electrons. The zero-order chi connectivity index (χ0) is 14.6. The van der Waals surface area contributed by atoms with Gasteiger partial charge in [-0.05, 0) is 59.6 Å². The summed E-state index contributed by atoms with van der Waals surface area (Å²) in [5.74, 6) is 2.07. The first kappa shape index (κ1) is 16.3. The van der Waals surface area contributed by atoms with Crippen LogP contribution >= 0.6 is 0 Å². The molecule has 1 unspecified atom stereocenters. The van der Waals surface area contributed by atoms with Crippen molar-refractivity contribution in [1.29, 1.82) is 0 Å². The molecule has 1 N–H and O–H groups in total. The van der Waals surface area contributed by atoms with Crippen LogP contribution < -0.4 is 5.32 Å². The van der Waals surface area contributed by atoms with Crippen molar-refractivity contribution in [2.45, 2.75) is 66.0 Å². The minimum atomic E-state index is -0.0751. The molecule has 1 atom stereocenters. The van der Waals surface area contributed by atoms with Crippen LogP contribution in [-0.4, -0.2) is 19.3 Å². The highest BCUT2D eigenvalue weighted by Gasteiger charge is 2.24. The topological polar surface area (TPSA) is 34.4 Å². The fourth-order valence-electron chi connectivity index (χ4n) is 2.51. The lowest BCUT2D eigenvalue weighted by Crippen LogP contribution is -2.27. The maximum absolute atomic E-state index is 5.76. The van der Waals surface area contributed by atoms with Gasteiger partial charge in [0.15, 0.2) is 0 Å². The normalized spacial score (nSPS) is 13.8. The van der Waals surface area contributed by atoms with Crippen molar-refractivity contribution in [3.8, 4) is 0 Å². The fraction of sp³-hybridized carbons (Fsp3) is 0.750. The molecule has 3 heteroatoms. The van der Waals surface area contributed by atoms with Crippen molar-refractivity contribution in [1.82, 2.24) is 5.32 Å². The second kappa shape index (κ2) is 6.58. The van der Waals surface area contributed by atoms with Gasteiger partial charge < -0.3 is 14.5 Å². The Balaban J connectivity index is 2.88. The third kappa shape index (κ3) is 4.08. The van der Waals surface area contributed by atoms with Gasteiger partial charge in [-0.25, -0.2) is 0 Å². The fourth-order valence-corrected chi connectivity index (χ4v) is 2.51. The van der Waals surface area contributed by atoms with Gasteiger partial charge in [-0.1, -0.05) is 6.92 Å². The van der Waals surface area contributed by atoms with Crippen LogP contribution in [0.2, 0.25) is 0 Å². The highest BCUT2D eigenvalue weighted by atomic mass is 16.5. The van der Waals surface area contributed by atoms with E-state index in [2.05, 4.69) is 39.9 Å². The predicted octanol–water partition coefficient (Wildman–Crippen LogP) is 4.06. The quantitative estimate of drug-likeness (QED) is 0.809. The molecular formula is C16H29NO2. The molecule has 0 saturated carbocycles. The van der Waals surface area contributed by atoms with E-state index >= 15 is 0 Å².